The van der Waals surface area contributed by atoms with Crippen molar-refractivity contribution in [3.8, 4) is 5.75 Å². The van der Waals surface area contributed by atoms with Crippen LogP contribution >= 0.6 is 15.9 Å². The van der Waals surface area contributed by atoms with Crippen LogP contribution in [0.3, 0.4) is 0 Å². The molecule has 0 atom stereocenters. The van der Waals surface area contributed by atoms with Crippen LogP contribution in [-0.2, 0) is 20.0 Å². The number of anilines is 1. The quantitative estimate of drug-likeness (QED) is 0.558. The topological polar surface area (TPSA) is 87.2 Å². The van der Waals surface area contributed by atoms with E-state index in [4.69, 9.17) is 4.74 Å². The maximum absolute atomic E-state index is 13.5. The van der Waals surface area contributed by atoms with Crippen LogP contribution in [0.4, 0.5) is 5.69 Å². The Bertz CT molecular complexity index is 1110. The smallest absolute Gasteiger partial charge is 0.237 e. The SMILES string of the molecule is CS(=O)(=O)c1ccc(OCCN2CCC3(CC2)C(=O)N(CCCO)c2ccc(Br)cc23)cc1. The third-order valence-corrected chi connectivity index (χ3v) is 8.22. The zero-order valence-corrected chi connectivity index (χ0v) is 21.1. The van der Waals surface area contributed by atoms with Crippen LogP contribution in [0.5, 0.6) is 5.75 Å². The second-order valence-electron chi connectivity index (χ2n) is 8.71. The number of carbonyl (C=O) groups is 1. The number of benzene rings is 2. The number of likely N-dealkylation sites (tertiary alicyclic amines) is 1. The number of rotatable bonds is 8. The lowest BCUT2D eigenvalue weighted by Gasteiger charge is -2.38. The summed E-state index contributed by atoms with van der Waals surface area (Å²) in [5, 5.41) is 9.26. The molecule has 1 spiro atoms. The molecule has 178 valence electrons. The number of aliphatic hydroxyl groups is 1. The summed E-state index contributed by atoms with van der Waals surface area (Å²) in [7, 11) is -3.22. The Kier molecular flexibility index (Phi) is 7.14. The standard InChI is InChI=1S/C24H29BrN2O5S/c1-33(30,31)20-6-4-19(5-7-20)32-16-14-26-12-9-24(10-13-26)21-17-18(25)3-8-22(21)27(23(24)29)11-2-15-28/h3-8,17,28H,2,9-16H2,1H3. The molecule has 4 rings (SSSR count). The molecule has 1 N–H and O–H groups in total. The molecule has 2 aromatic carbocycles. The van der Waals surface area contributed by atoms with Crippen molar-refractivity contribution in [3.63, 3.8) is 0 Å². The molecule has 0 radical (unpaired) electrons. The predicted molar refractivity (Wildman–Crippen MR) is 131 cm³/mol. The van der Waals surface area contributed by atoms with Gasteiger partial charge in [0.25, 0.3) is 0 Å². The summed E-state index contributed by atoms with van der Waals surface area (Å²) in [6.07, 6.45) is 3.23. The molecule has 2 aromatic rings. The zero-order valence-electron chi connectivity index (χ0n) is 18.7. The maximum Gasteiger partial charge on any atom is 0.237 e. The van der Waals surface area contributed by atoms with Gasteiger partial charge in [-0.15, -0.1) is 0 Å². The number of aliphatic hydroxyl groups excluding tert-OH is 1. The van der Waals surface area contributed by atoms with Gasteiger partial charge in [-0.25, -0.2) is 8.42 Å². The third kappa shape index (κ3) is 4.96. The average Bonchev–Trinajstić information content (AvgIpc) is 3.00. The van der Waals surface area contributed by atoms with Gasteiger partial charge in [0, 0.05) is 36.1 Å². The van der Waals surface area contributed by atoms with Gasteiger partial charge in [-0.05, 0) is 80.4 Å². The van der Waals surface area contributed by atoms with Gasteiger partial charge in [0.05, 0.1) is 10.3 Å². The van der Waals surface area contributed by atoms with E-state index in [9.17, 15) is 18.3 Å². The van der Waals surface area contributed by atoms with E-state index in [-0.39, 0.29) is 17.4 Å². The lowest BCUT2D eigenvalue weighted by atomic mass is 9.73. The van der Waals surface area contributed by atoms with E-state index in [0.717, 1.165) is 48.2 Å². The van der Waals surface area contributed by atoms with E-state index in [0.29, 0.717) is 25.3 Å². The van der Waals surface area contributed by atoms with E-state index >= 15 is 0 Å². The molecule has 0 saturated carbocycles. The highest BCUT2D eigenvalue weighted by atomic mass is 79.9. The highest BCUT2D eigenvalue weighted by molar-refractivity contribution is 9.10. The third-order valence-electron chi connectivity index (χ3n) is 6.60. The maximum atomic E-state index is 13.5. The van der Waals surface area contributed by atoms with Gasteiger partial charge in [-0.3, -0.25) is 9.69 Å². The average molecular weight is 537 g/mol. The number of fused-ring (bicyclic) bond motifs is 2. The minimum absolute atomic E-state index is 0.0629. The van der Waals surface area contributed by atoms with E-state index < -0.39 is 15.3 Å². The van der Waals surface area contributed by atoms with Gasteiger partial charge in [0.1, 0.15) is 12.4 Å². The van der Waals surface area contributed by atoms with Crippen molar-refractivity contribution in [3.05, 3.63) is 52.5 Å². The lowest BCUT2D eigenvalue weighted by Crippen LogP contribution is -2.49. The number of hydrogen-bond donors (Lipinski definition) is 1. The molecular weight excluding hydrogens is 508 g/mol. The van der Waals surface area contributed by atoms with Crippen LogP contribution in [0.25, 0.3) is 0 Å². The van der Waals surface area contributed by atoms with Crippen LogP contribution in [0.2, 0.25) is 0 Å². The first kappa shape index (κ1) is 24.2. The number of ether oxygens (including phenoxy) is 1. The Morgan fingerprint density at radius 3 is 2.42 bits per heavy atom. The number of piperidine rings is 1. The number of carbonyl (C=O) groups excluding carboxylic acids is 1. The summed E-state index contributed by atoms with van der Waals surface area (Å²) in [5.74, 6) is 0.783. The Labute approximate surface area is 203 Å². The van der Waals surface area contributed by atoms with Crippen molar-refractivity contribution in [1.82, 2.24) is 4.90 Å². The van der Waals surface area contributed by atoms with Crippen molar-refractivity contribution in [2.45, 2.75) is 29.6 Å². The largest absolute Gasteiger partial charge is 0.492 e. The van der Waals surface area contributed by atoms with Crippen LogP contribution in [0.15, 0.2) is 51.8 Å². The Hall–Kier alpha value is -1.94. The van der Waals surface area contributed by atoms with Crippen molar-refractivity contribution < 1.29 is 23.1 Å². The summed E-state index contributed by atoms with van der Waals surface area (Å²) < 4.78 is 29.9. The molecule has 0 aromatic heterocycles. The van der Waals surface area contributed by atoms with Crippen LogP contribution in [0.1, 0.15) is 24.8 Å². The fourth-order valence-electron chi connectivity index (χ4n) is 4.78. The number of sulfone groups is 1. The fraction of sp³-hybridized carbons (Fsp3) is 0.458. The van der Waals surface area contributed by atoms with Crippen LogP contribution in [0, 0.1) is 0 Å². The molecule has 9 heteroatoms. The van der Waals surface area contributed by atoms with Crippen molar-refractivity contribution in [2.24, 2.45) is 0 Å². The second kappa shape index (κ2) is 9.74. The van der Waals surface area contributed by atoms with Gasteiger partial charge in [-0.1, -0.05) is 15.9 Å². The number of halogens is 1. The first-order valence-corrected chi connectivity index (χ1v) is 13.8. The molecule has 2 aliphatic rings. The summed E-state index contributed by atoms with van der Waals surface area (Å²) in [6.45, 7) is 3.40. The molecule has 2 aliphatic heterocycles. The van der Waals surface area contributed by atoms with Crippen LogP contribution < -0.4 is 9.64 Å². The lowest BCUT2D eigenvalue weighted by molar-refractivity contribution is -0.125. The van der Waals surface area contributed by atoms with E-state index in [1.807, 2.05) is 17.0 Å². The second-order valence-corrected chi connectivity index (χ2v) is 11.6. The van der Waals surface area contributed by atoms with Gasteiger partial charge in [-0.2, -0.15) is 0 Å². The van der Waals surface area contributed by atoms with Crippen molar-refractivity contribution in [1.29, 1.82) is 0 Å². The van der Waals surface area contributed by atoms with Crippen molar-refractivity contribution in [2.75, 3.05) is 50.5 Å². The van der Waals surface area contributed by atoms with Gasteiger partial charge in [0.2, 0.25) is 5.91 Å². The molecule has 33 heavy (non-hydrogen) atoms. The Balaban J connectivity index is 1.37. The normalized spacial score (nSPS) is 18.0. The number of amides is 1. The number of hydrogen-bond acceptors (Lipinski definition) is 6. The van der Waals surface area contributed by atoms with Crippen LogP contribution in [-0.4, -0.2) is 70.0 Å². The monoisotopic (exact) mass is 536 g/mol. The Morgan fingerprint density at radius 2 is 1.79 bits per heavy atom. The molecule has 2 heterocycles. The van der Waals surface area contributed by atoms with Gasteiger partial charge in [0.15, 0.2) is 9.84 Å². The molecule has 0 bridgehead atoms. The molecule has 7 nitrogen and oxygen atoms in total. The molecule has 1 saturated heterocycles. The summed E-state index contributed by atoms with van der Waals surface area (Å²) in [6, 6.07) is 12.5. The number of nitrogens with zero attached hydrogens (tertiary/aromatic N) is 2. The zero-order chi connectivity index (χ0) is 23.6. The minimum Gasteiger partial charge on any atom is -0.492 e. The van der Waals surface area contributed by atoms with Gasteiger partial charge >= 0.3 is 0 Å². The molecule has 1 fully saturated rings. The predicted octanol–water partition coefficient (Wildman–Crippen LogP) is 2.99. The van der Waals surface area contributed by atoms with E-state index in [1.165, 1.54) is 6.26 Å². The summed E-state index contributed by atoms with van der Waals surface area (Å²) in [4.78, 5) is 17.9. The fourth-order valence-corrected chi connectivity index (χ4v) is 5.77. The molecule has 0 aliphatic carbocycles. The molecule has 0 unspecified atom stereocenters. The minimum atomic E-state index is -3.22. The highest BCUT2D eigenvalue weighted by Crippen LogP contribution is 2.48. The van der Waals surface area contributed by atoms with E-state index in [2.05, 4.69) is 26.9 Å². The van der Waals surface area contributed by atoms with E-state index in [1.54, 1.807) is 24.3 Å². The summed E-state index contributed by atoms with van der Waals surface area (Å²) >= 11 is 3.56. The highest BCUT2D eigenvalue weighted by Gasteiger charge is 2.51. The van der Waals surface area contributed by atoms with Crippen molar-refractivity contribution >= 4 is 37.4 Å². The molecular formula is C24H29BrN2O5S. The Morgan fingerprint density at radius 1 is 1.09 bits per heavy atom. The first-order chi connectivity index (χ1) is 15.7. The van der Waals surface area contributed by atoms with Gasteiger partial charge < -0.3 is 14.7 Å². The molecule has 1 amide bonds. The summed E-state index contributed by atoms with van der Waals surface area (Å²) in [5.41, 5.74) is 1.54. The first-order valence-electron chi connectivity index (χ1n) is 11.1.